The van der Waals surface area contributed by atoms with Gasteiger partial charge in [0.25, 0.3) is 0 Å². The van der Waals surface area contributed by atoms with Crippen molar-refractivity contribution in [1.29, 1.82) is 0 Å². The van der Waals surface area contributed by atoms with Crippen LogP contribution in [-0.4, -0.2) is 62.3 Å². The van der Waals surface area contributed by atoms with Gasteiger partial charge in [0, 0.05) is 37.5 Å². The third kappa shape index (κ3) is 2.88. The molecule has 5 aliphatic rings. The molecule has 2 heteroatoms. The number of hydrogen-bond donors (Lipinski definition) is 0. The molecule has 0 unspecified atom stereocenters. The van der Waals surface area contributed by atoms with Gasteiger partial charge in [0.05, 0.1) is 53.4 Å². The van der Waals surface area contributed by atoms with E-state index in [1.165, 1.54) is 92.9 Å². The minimum Gasteiger partial charge on any atom is -0.328 e. The van der Waals surface area contributed by atoms with E-state index in [9.17, 15) is 0 Å². The zero-order valence-corrected chi connectivity index (χ0v) is 19.5. The second-order valence-corrected chi connectivity index (χ2v) is 13.1. The molecule has 3 aliphatic carbocycles. The molecule has 0 aromatic rings. The Bertz CT molecular complexity index is 657. The summed E-state index contributed by atoms with van der Waals surface area (Å²) < 4.78 is 2.64. The number of likely N-dealkylation sites (tertiary alicyclic amines) is 2. The second kappa shape index (κ2) is 6.33. The Hall–Kier alpha value is -0.340. The average Bonchev–Trinajstić information content (AvgIpc) is 3.06. The Balaban J connectivity index is 1.39. The third-order valence-corrected chi connectivity index (χ3v) is 10.9. The van der Waals surface area contributed by atoms with E-state index in [4.69, 9.17) is 0 Å². The molecule has 6 atom stereocenters. The Morgan fingerprint density at radius 3 is 2.39 bits per heavy atom. The molecule has 28 heavy (non-hydrogen) atoms. The summed E-state index contributed by atoms with van der Waals surface area (Å²) in [5.74, 6) is 2.93. The van der Waals surface area contributed by atoms with E-state index < -0.39 is 0 Å². The molecule has 0 radical (unpaired) electrons. The molecule has 5 rings (SSSR count). The van der Waals surface area contributed by atoms with Gasteiger partial charge in [0.15, 0.2) is 0 Å². The van der Waals surface area contributed by atoms with Gasteiger partial charge < -0.3 is 8.97 Å². The first-order chi connectivity index (χ1) is 13.2. The molecule has 0 spiro atoms. The molecule has 2 heterocycles. The van der Waals surface area contributed by atoms with Crippen LogP contribution in [0.15, 0.2) is 11.6 Å². The first kappa shape index (κ1) is 19.6. The zero-order valence-electron chi connectivity index (χ0n) is 19.5. The molecule has 0 amide bonds. The fourth-order valence-electron chi connectivity index (χ4n) is 9.30. The Morgan fingerprint density at radius 1 is 0.893 bits per heavy atom. The fraction of sp³-hybridized carbons (Fsp3) is 0.923. The molecule has 0 bridgehead atoms. The van der Waals surface area contributed by atoms with E-state index in [2.05, 4.69) is 41.1 Å². The smallest absolute Gasteiger partial charge is 0.0926 e. The van der Waals surface area contributed by atoms with Gasteiger partial charge in [-0.1, -0.05) is 25.5 Å². The van der Waals surface area contributed by atoms with Crippen molar-refractivity contribution in [2.45, 2.75) is 77.7 Å². The summed E-state index contributed by atoms with van der Waals surface area (Å²) in [4.78, 5) is 0. The fourth-order valence-corrected chi connectivity index (χ4v) is 9.30. The Labute approximate surface area is 174 Å². The number of quaternary nitrogens is 2. The number of nitrogens with zero attached hydrogens (tertiary/aromatic N) is 2. The van der Waals surface area contributed by atoms with Crippen molar-refractivity contribution in [3.63, 3.8) is 0 Å². The molecule has 2 saturated heterocycles. The predicted octanol–water partition coefficient (Wildman–Crippen LogP) is 5.24. The normalized spacial score (nSPS) is 49.5. The van der Waals surface area contributed by atoms with Crippen LogP contribution in [0.25, 0.3) is 0 Å². The van der Waals surface area contributed by atoms with Crippen LogP contribution in [-0.2, 0) is 0 Å². The topological polar surface area (TPSA) is 0 Å². The van der Waals surface area contributed by atoms with Crippen LogP contribution in [0.5, 0.6) is 0 Å². The average molecular weight is 387 g/mol. The van der Waals surface area contributed by atoms with Gasteiger partial charge in [-0.2, -0.15) is 0 Å². The second-order valence-electron chi connectivity index (χ2n) is 13.1. The maximum atomic E-state index is 2.79. The summed E-state index contributed by atoms with van der Waals surface area (Å²) in [6.45, 7) is 11.0. The van der Waals surface area contributed by atoms with Gasteiger partial charge in [-0.3, -0.25) is 0 Å². The molecule has 158 valence electrons. The molecule has 4 fully saturated rings. The monoisotopic (exact) mass is 386 g/mol. The highest BCUT2D eigenvalue weighted by molar-refractivity contribution is 5.25. The highest BCUT2D eigenvalue weighted by Gasteiger charge is 2.58. The Kier molecular flexibility index (Phi) is 4.43. The third-order valence-electron chi connectivity index (χ3n) is 10.9. The molecule has 0 aromatic heterocycles. The molecular weight excluding hydrogens is 340 g/mol. The number of fused-ring (bicyclic) bond motifs is 5. The van der Waals surface area contributed by atoms with Crippen molar-refractivity contribution in [2.24, 2.45) is 28.6 Å². The van der Waals surface area contributed by atoms with E-state index in [-0.39, 0.29) is 0 Å². The maximum Gasteiger partial charge on any atom is 0.0926 e. The number of rotatable bonds is 1. The van der Waals surface area contributed by atoms with Crippen LogP contribution in [0.3, 0.4) is 0 Å². The van der Waals surface area contributed by atoms with Crippen molar-refractivity contribution < 1.29 is 8.97 Å². The van der Waals surface area contributed by atoms with Gasteiger partial charge in [-0.05, 0) is 48.9 Å². The van der Waals surface area contributed by atoms with E-state index in [1.54, 1.807) is 0 Å². The lowest BCUT2D eigenvalue weighted by molar-refractivity contribution is -0.923. The zero-order chi connectivity index (χ0) is 19.8. The maximum absolute atomic E-state index is 2.79. The molecular formula is C26H46N2+2. The summed E-state index contributed by atoms with van der Waals surface area (Å²) in [5, 5.41) is 0. The number of hydrogen-bond acceptors (Lipinski definition) is 0. The quantitative estimate of drug-likeness (QED) is 0.427. The van der Waals surface area contributed by atoms with Crippen LogP contribution in [0.4, 0.5) is 0 Å². The van der Waals surface area contributed by atoms with Crippen LogP contribution in [0, 0.1) is 28.6 Å². The standard InChI is InChI=1S/C26H46N2/c1-25-13-11-24-22(23(25)12-17-27(3,4)19-25)9-8-20-18-21(10-14-26(20,24)2)28(5)15-6-7-16-28/h8,21-24H,6-7,9-19H2,1-5H3/q+2/t21-,22-,23-,24-,25+,26-/m0/s1. The summed E-state index contributed by atoms with van der Waals surface area (Å²) in [6, 6.07) is 0.917. The lowest BCUT2D eigenvalue weighted by atomic mass is 9.46. The summed E-state index contributed by atoms with van der Waals surface area (Å²) in [7, 11) is 7.51. The van der Waals surface area contributed by atoms with Crippen LogP contribution >= 0.6 is 0 Å². The Morgan fingerprint density at radius 2 is 1.64 bits per heavy atom. The molecule has 0 aromatic carbocycles. The van der Waals surface area contributed by atoms with Gasteiger partial charge in [-0.15, -0.1) is 0 Å². The largest absolute Gasteiger partial charge is 0.328 e. The number of piperidine rings is 1. The SMILES string of the molecule is C[C@]12CC[C@H]3[C@@H](CC=C4C[C@@H]([N+]5(C)CCCC5)CC[C@@]43C)[C@@H]1CC[N+](C)(C)C2. The van der Waals surface area contributed by atoms with Gasteiger partial charge >= 0.3 is 0 Å². The lowest BCUT2D eigenvalue weighted by Gasteiger charge is -2.61. The van der Waals surface area contributed by atoms with Crippen LogP contribution < -0.4 is 0 Å². The van der Waals surface area contributed by atoms with Crippen molar-refractivity contribution >= 4 is 0 Å². The van der Waals surface area contributed by atoms with Crippen LogP contribution in [0.2, 0.25) is 0 Å². The first-order valence-corrected chi connectivity index (χ1v) is 12.5. The minimum absolute atomic E-state index is 0.529. The number of allylic oxidation sites excluding steroid dienone is 1. The highest BCUT2D eigenvalue weighted by atomic mass is 15.4. The van der Waals surface area contributed by atoms with Gasteiger partial charge in [0.2, 0.25) is 0 Å². The van der Waals surface area contributed by atoms with Gasteiger partial charge in [0.1, 0.15) is 0 Å². The van der Waals surface area contributed by atoms with E-state index in [0.717, 1.165) is 23.8 Å². The van der Waals surface area contributed by atoms with Crippen molar-refractivity contribution in [3.8, 4) is 0 Å². The van der Waals surface area contributed by atoms with Crippen molar-refractivity contribution in [2.75, 3.05) is 47.3 Å². The van der Waals surface area contributed by atoms with Crippen molar-refractivity contribution in [1.82, 2.24) is 0 Å². The minimum atomic E-state index is 0.529. The molecule has 2 aliphatic heterocycles. The van der Waals surface area contributed by atoms with E-state index in [1.807, 2.05) is 5.57 Å². The van der Waals surface area contributed by atoms with E-state index >= 15 is 0 Å². The lowest BCUT2D eigenvalue weighted by Crippen LogP contribution is -2.61. The van der Waals surface area contributed by atoms with E-state index in [0.29, 0.717) is 10.8 Å². The highest BCUT2D eigenvalue weighted by Crippen LogP contribution is 2.63. The van der Waals surface area contributed by atoms with Crippen molar-refractivity contribution in [3.05, 3.63) is 11.6 Å². The summed E-state index contributed by atoms with van der Waals surface area (Å²) >= 11 is 0. The molecule has 2 nitrogen and oxygen atoms in total. The summed E-state index contributed by atoms with van der Waals surface area (Å²) in [6.07, 6.45) is 16.0. The van der Waals surface area contributed by atoms with Crippen LogP contribution in [0.1, 0.15) is 71.6 Å². The molecule has 0 N–H and O–H groups in total. The predicted molar refractivity (Wildman–Crippen MR) is 118 cm³/mol. The van der Waals surface area contributed by atoms with Gasteiger partial charge in [-0.25, -0.2) is 0 Å². The summed E-state index contributed by atoms with van der Waals surface area (Å²) in [5.41, 5.74) is 3.02. The molecule has 2 saturated carbocycles. The first-order valence-electron chi connectivity index (χ1n) is 12.5.